The number of Topliss-reactive ketones (excluding diaryl/α,β-unsaturated/α-hetero) is 1. The Hall–Kier alpha value is -1.42. The van der Waals surface area contributed by atoms with Crippen molar-refractivity contribution in [1.29, 1.82) is 0 Å². The maximum Gasteiger partial charge on any atom is 0.178 e. The molecule has 0 radical (unpaired) electrons. The molecule has 1 saturated heterocycles. The van der Waals surface area contributed by atoms with Gasteiger partial charge >= 0.3 is 0 Å². The van der Waals surface area contributed by atoms with Gasteiger partial charge in [0, 0.05) is 26.1 Å². The van der Waals surface area contributed by atoms with Crippen LogP contribution in [0.1, 0.15) is 23.8 Å². The second kappa shape index (κ2) is 4.84. The van der Waals surface area contributed by atoms with E-state index in [9.17, 15) is 4.79 Å². The van der Waals surface area contributed by atoms with Crippen LogP contribution < -0.4 is 4.90 Å². The van der Waals surface area contributed by atoms with Crippen molar-refractivity contribution in [2.75, 3.05) is 32.1 Å². The van der Waals surface area contributed by atoms with Gasteiger partial charge in [-0.05, 0) is 32.6 Å². The van der Waals surface area contributed by atoms with E-state index in [0.29, 0.717) is 11.7 Å². The highest BCUT2D eigenvalue weighted by Gasteiger charge is 2.24. The molecule has 1 aliphatic rings. The van der Waals surface area contributed by atoms with Crippen molar-refractivity contribution < 1.29 is 4.79 Å². The van der Waals surface area contributed by atoms with Crippen LogP contribution in [0.5, 0.6) is 0 Å². The van der Waals surface area contributed by atoms with E-state index in [1.54, 1.807) is 13.0 Å². The van der Waals surface area contributed by atoms with Crippen molar-refractivity contribution >= 4 is 11.6 Å². The zero-order valence-electron chi connectivity index (χ0n) is 10.7. The van der Waals surface area contributed by atoms with E-state index < -0.39 is 0 Å². The second-order valence-electron chi connectivity index (χ2n) is 4.79. The number of carbonyl (C=O) groups excluding carboxylic acids is 1. The van der Waals surface area contributed by atoms with Gasteiger partial charge in [-0.3, -0.25) is 4.79 Å². The maximum absolute atomic E-state index is 11.3. The molecule has 0 aromatic carbocycles. The second-order valence-corrected chi connectivity index (χ2v) is 4.79. The van der Waals surface area contributed by atoms with Gasteiger partial charge in [0.2, 0.25) is 0 Å². The molecule has 0 N–H and O–H groups in total. The van der Waals surface area contributed by atoms with Gasteiger partial charge < -0.3 is 9.80 Å². The molecule has 1 aromatic heterocycles. The Kier molecular flexibility index (Phi) is 3.43. The summed E-state index contributed by atoms with van der Waals surface area (Å²) in [5, 5.41) is 0. The van der Waals surface area contributed by atoms with Crippen LogP contribution in [0.3, 0.4) is 0 Å². The van der Waals surface area contributed by atoms with E-state index in [4.69, 9.17) is 0 Å². The summed E-state index contributed by atoms with van der Waals surface area (Å²) < 4.78 is 0. The van der Waals surface area contributed by atoms with Crippen molar-refractivity contribution in [3.63, 3.8) is 0 Å². The Bertz CT molecular complexity index is 417. The Labute approximate surface area is 102 Å². The van der Waals surface area contributed by atoms with E-state index in [1.807, 2.05) is 12.1 Å². The third-order valence-electron chi connectivity index (χ3n) is 3.31. The van der Waals surface area contributed by atoms with Gasteiger partial charge in [0.15, 0.2) is 5.78 Å². The number of carbonyl (C=O) groups is 1. The van der Waals surface area contributed by atoms with Crippen LogP contribution in [0.2, 0.25) is 0 Å². The lowest BCUT2D eigenvalue weighted by Gasteiger charge is -2.21. The summed E-state index contributed by atoms with van der Waals surface area (Å²) in [6.07, 6.45) is 1.15. The number of hydrogen-bond acceptors (Lipinski definition) is 4. The fourth-order valence-corrected chi connectivity index (χ4v) is 2.17. The molecule has 17 heavy (non-hydrogen) atoms. The van der Waals surface area contributed by atoms with Crippen LogP contribution in [0.25, 0.3) is 0 Å². The van der Waals surface area contributed by atoms with E-state index >= 15 is 0 Å². The number of rotatable bonds is 3. The highest BCUT2D eigenvalue weighted by atomic mass is 16.1. The van der Waals surface area contributed by atoms with Gasteiger partial charge in [-0.15, -0.1) is 0 Å². The molecule has 0 spiro atoms. The minimum Gasteiger partial charge on any atom is -0.355 e. The quantitative estimate of drug-likeness (QED) is 0.740. The topological polar surface area (TPSA) is 36.4 Å². The van der Waals surface area contributed by atoms with Gasteiger partial charge in [0.1, 0.15) is 11.5 Å². The SMILES string of the molecule is CC(=O)c1cccc(N2CC[C@H](N(C)C)C2)n1. The smallest absolute Gasteiger partial charge is 0.178 e. The molecule has 4 heteroatoms. The number of ketones is 1. The minimum atomic E-state index is 0.0233. The largest absolute Gasteiger partial charge is 0.355 e. The fourth-order valence-electron chi connectivity index (χ4n) is 2.17. The van der Waals surface area contributed by atoms with E-state index in [0.717, 1.165) is 25.3 Å². The summed E-state index contributed by atoms with van der Waals surface area (Å²) in [6, 6.07) is 6.23. The Balaban J connectivity index is 2.13. The molecule has 0 saturated carbocycles. The van der Waals surface area contributed by atoms with Gasteiger partial charge in [-0.2, -0.15) is 0 Å². The standard InChI is InChI=1S/C13H19N3O/c1-10(17)12-5-4-6-13(14-12)16-8-7-11(9-16)15(2)3/h4-6,11H,7-9H2,1-3H3/t11-/m0/s1. The molecule has 1 atom stereocenters. The molecule has 2 rings (SSSR count). The first kappa shape index (κ1) is 12.0. The average molecular weight is 233 g/mol. The maximum atomic E-state index is 11.3. The molecule has 2 heterocycles. The molecule has 1 aliphatic heterocycles. The fraction of sp³-hybridized carbons (Fsp3) is 0.538. The molecule has 0 unspecified atom stereocenters. The van der Waals surface area contributed by atoms with Crippen molar-refractivity contribution in [3.8, 4) is 0 Å². The van der Waals surface area contributed by atoms with Crippen LogP contribution in [0.15, 0.2) is 18.2 Å². The van der Waals surface area contributed by atoms with E-state index in [1.165, 1.54) is 0 Å². The van der Waals surface area contributed by atoms with Crippen LogP contribution >= 0.6 is 0 Å². The van der Waals surface area contributed by atoms with E-state index in [-0.39, 0.29) is 5.78 Å². The number of pyridine rings is 1. The highest BCUT2D eigenvalue weighted by Crippen LogP contribution is 2.20. The lowest BCUT2D eigenvalue weighted by Crippen LogP contribution is -2.31. The van der Waals surface area contributed by atoms with Crippen LogP contribution in [-0.2, 0) is 0 Å². The summed E-state index contributed by atoms with van der Waals surface area (Å²) in [5.41, 5.74) is 0.552. The molecular formula is C13H19N3O. The molecular weight excluding hydrogens is 214 g/mol. The summed E-state index contributed by atoms with van der Waals surface area (Å²) in [5.74, 6) is 0.942. The van der Waals surface area contributed by atoms with Gasteiger partial charge in [-0.25, -0.2) is 4.98 Å². The Morgan fingerprint density at radius 1 is 1.47 bits per heavy atom. The number of hydrogen-bond donors (Lipinski definition) is 0. The zero-order valence-corrected chi connectivity index (χ0v) is 10.7. The molecule has 0 bridgehead atoms. The Morgan fingerprint density at radius 2 is 2.24 bits per heavy atom. The molecule has 0 amide bonds. The number of likely N-dealkylation sites (N-methyl/N-ethyl adjacent to an activating group) is 1. The first-order chi connectivity index (χ1) is 8.08. The molecule has 4 nitrogen and oxygen atoms in total. The van der Waals surface area contributed by atoms with Crippen LogP contribution in [0.4, 0.5) is 5.82 Å². The number of anilines is 1. The predicted octanol–water partition coefficient (Wildman–Crippen LogP) is 1.42. The lowest BCUT2D eigenvalue weighted by atomic mass is 10.2. The molecule has 92 valence electrons. The van der Waals surface area contributed by atoms with Crippen molar-refractivity contribution in [2.45, 2.75) is 19.4 Å². The first-order valence-electron chi connectivity index (χ1n) is 5.97. The average Bonchev–Trinajstić information content (AvgIpc) is 2.78. The zero-order chi connectivity index (χ0) is 12.4. The number of aromatic nitrogens is 1. The minimum absolute atomic E-state index is 0.0233. The monoisotopic (exact) mass is 233 g/mol. The summed E-state index contributed by atoms with van der Waals surface area (Å²) in [4.78, 5) is 20.2. The molecule has 1 fully saturated rings. The van der Waals surface area contributed by atoms with Crippen molar-refractivity contribution in [1.82, 2.24) is 9.88 Å². The van der Waals surface area contributed by atoms with Crippen LogP contribution in [0, 0.1) is 0 Å². The van der Waals surface area contributed by atoms with Gasteiger partial charge in [0.05, 0.1) is 0 Å². The Morgan fingerprint density at radius 3 is 2.82 bits per heavy atom. The first-order valence-corrected chi connectivity index (χ1v) is 5.97. The summed E-state index contributed by atoms with van der Waals surface area (Å²) >= 11 is 0. The van der Waals surface area contributed by atoms with Crippen molar-refractivity contribution in [3.05, 3.63) is 23.9 Å². The molecule has 1 aromatic rings. The van der Waals surface area contributed by atoms with Crippen LogP contribution in [-0.4, -0.2) is 48.9 Å². The third-order valence-corrected chi connectivity index (χ3v) is 3.31. The summed E-state index contributed by atoms with van der Waals surface area (Å²) in [7, 11) is 4.21. The number of nitrogens with zero attached hydrogens (tertiary/aromatic N) is 3. The lowest BCUT2D eigenvalue weighted by molar-refractivity contribution is 0.101. The summed E-state index contributed by atoms with van der Waals surface area (Å²) in [6.45, 7) is 3.55. The third kappa shape index (κ3) is 2.64. The van der Waals surface area contributed by atoms with Crippen molar-refractivity contribution in [2.24, 2.45) is 0 Å². The highest BCUT2D eigenvalue weighted by molar-refractivity contribution is 5.92. The molecule has 0 aliphatic carbocycles. The van der Waals surface area contributed by atoms with Gasteiger partial charge in [0.25, 0.3) is 0 Å². The predicted molar refractivity (Wildman–Crippen MR) is 68.5 cm³/mol. The normalized spacial score (nSPS) is 20.0. The van der Waals surface area contributed by atoms with Gasteiger partial charge in [-0.1, -0.05) is 6.07 Å². The van der Waals surface area contributed by atoms with E-state index in [2.05, 4.69) is 28.9 Å².